The summed E-state index contributed by atoms with van der Waals surface area (Å²) in [6, 6.07) is 1.03. The molecule has 1 aromatic rings. The lowest BCUT2D eigenvalue weighted by Gasteiger charge is -2.45. The van der Waals surface area contributed by atoms with Gasteiger partial charge < -0.3 is 59.4 Å². The average Bonchev–Trinajstić information content (AvgIpc) is 2.76. The van der Waals surface area contributed by atoms with Crippen LogP contribution in [0, 0.1) is 0 Å². The normalized spacial score (nSPS) is 39.1. The highest BCUT2D eigenvalue weighted by Crippen LogP contribution is 2.49. The zero-order chi connectivity index (χ0) is 23.3. The van der Waals surface area contributed by atoms with Crippen molar-refractivity contribution in [1.29, 1.82) is 0 Å². The first-order valence-corrected chi connectivity index (χ1v) is 9.78. The van der Waals surface area contributed by atoms with Gasteiger partial charge in [-0.2, -0.15) is 0 Å². The van der Waals surface area contributed by atoms with Gasteiger partial charge in [0.15, 0.2) is 23.9 Å². The fourth-order valence-corrected chi connectivity index (χ4v) is 4.05. The van der Waals surface area contributed by atoms with E-state index in [0.717, 1.165) is 6.07 Å². The number of carbonyl (C=O) groups excluding carboxylic acids is 1. The Morgan fingerprint density at radius 1 is 1.06 bits per heavy atom. The van der Waals surface area contributed by atoms with Crippen molar-refractivity contribution >= 4 is 5.97 Å². The Bertz CT molecular complexity index is 875. The van der Waals surface area contributed by atoms with Crippen LogP contribution in [0.1, 0.15) is 22.0 Å². The van der Waals surface area contributed by atoms with Crippen molar-refractivity contribution in [3.05, 3.63) is 17.2 Å². The minimum absolute atomic E-state index is 0.107. The lowest BCUT2D eigenvalue weighted by molar-refractivity contribution is -0.292. The van der Waals surface area contributed by atoms with Crippen LogP contribution in [0.4, 0.5) is 0 Å². The van der Waals surface area contributed by atoms with Gasteiger partial charge in [0, 0.05) is 5.56 Å². The van der Waals surface area contributed by atoms with Gasteiger partial charge in [-0.25, -0.2) is 4.79 Å². The summed E-state index contributed by atoms with van der Waals surface area (Å²) in [7, 11) is 1.19. The van der Waals surface area contributed by atoms with Crippen LogP contribution >= 0.6 is 0 Å². The van der Waals surface area contributed by atoms with Crippen LogP contribution in [-0.4, -0.2) is 111 Å². The van der Waals surface area contributed by atoms with Crippen LogP contribution in [0.15, 0.2) is 6.07 Å². The fourth-order valence-electron chi connectivity index (χ4n) is 4.05. The monoisotopic (exact) mass is 460 g/mol. The van der Waals surface area contributed by atoms with E-state index in [1.165, 1.54) is 7.11 Å². The number of esters is 1. The highest BCUT2D eigenvalue weighted by Gasteiger charge is 2.52. The summed E-state index contributed by atoms with van der Waals surface area (Å²) in [6.45, 7) is -0.740. The first-order chi connectivity index (χ1) is 15.1. The molecule has 178 valence electrons. The summed E-state index contributed by atoms with van der Waals surface area (Å²) in [5, 5.41) is 70.8. The van der Waals surface area contributed by atoms with Gasteiger partial charge >= 0.3 is 5.97 Å². The number of aliphatic hydroxyl groups is 5. The number of aromatic hydroxyl groups is 2. The second-order valence-electron chi connectivity index (χ2n) is 7.77. The first-order valence-electron chi connectivity index (χ1n) is 9.78. The quantitative estimate of drug-likeness (QED) is 0.228. The number of aliphatic hydroxyl groups excluding tert-OH is 5. The van der Waals surface area contributed by atoms with E-state index in [1.807, 2.05) is 0 Å². The average molecular weight is 460 g/mol. The second kappa shape index (κ2) is 8.61. The molecule has 2 saturated heterocycles. The van der Waals surface area contributed by atoms with Gasteiger partial charge in [0.1, 0.15) is 42.7 Å². The zero-order valence-electron chi connectivity index (χ0n) is 16.8. The molecule has 0 radical (unpaired) electrons. The molecule has 3 aliphatic rings. The molecule has 9 atom stereocenters. The van der Waals surface area contributed by atoms with Gasteiger partial charge in [-0.3, -0.25) is 0 Å². The molecule has 0 spiro atoms. The number of phenolic OH excluding ortho intramolecular Hbond substituents is 2. The van der Waals surface area contributed by atoms with Crippen LogP contribution in [0.3, 0.4) is 0 Å². The number of hydrogen-bond acceptors (Lipinski definition) is 13. The lowest BCUT2D eigenvalue weighted by atomic mass is 9.86. The Labute approximate surface area is 180 Å². The van der Waals surface area contributed by atoms with E-state index in [-0.39, 0.29) is 23.5 Å². The predicted octanol–water partition coefficient (Wildman–Crippen LogP) is -2.74. The molecular formula is C19H24O13. The number of fused-ring (bicyclic) bond motifs is 3. The van der Waals surface area contributed by atoms with Crippen molar-refractivity contribution in [2.75, 3.05) is 20.3 Å². The summed E-state index contributed by atoms with van der Waals surface area (Å²) < 4.78 is 26.4. The van der Waals surface area contributed by atoms with E-state index in [0.29, 0.717) is 0 Å². The van der Waals surface area contributed by atoms with E-state index in [2.05, 4.69) is 0 Å². The zero-order valence-corrected chi connectivity index (χ0v) is 16.8. The van der Waals surface area contributed by atoms with Crippen molar-refractivity contribution in [3.8, 4) is 17.2 Å². The Hall–Kier alpha value is -2.23. The Kier molecular flexibility index (Phi) is 6.17. The van der Waals surface area contributed by atoms with Gasteiger partial charge in [-0.15, -0.1) is 0 Å². The highest BCUT2D eigenvalue weighted by molar-refractivity contribution is 5.95. The number of rotatable bonds is 4. The van der Waals surface area contributed by atoms with E-state index < -0.39 is 79.2 Å². The summed E-state index contributed by atoms with van der Waals surface area (Å²) >= 11 is 0. The number of phenols is 2. The van der Waals surface area contributed by atoms with Gasteiger partial charge in [0.2, 0.25) is 5.75 Å². The minimum atomic E-state index is -1.64. The fraction of sp³-hybridized carbons (Fsp3) is 0.632. The molecule has 7 N–H and O–H groups in total. The van der Waals surface area contributed by atoms with Crippen molar-refractivity contribution in [1.82, 2.24) is 0 Å². The summed E-state index contributed by atoms with van der Waals surface area (Å²) in [6.07, 6.45) is -12.8. The van der Waals surface area contributed by atoms with Crippen molar-refractivity contribution in [2.45, 2.75) is 55.1 Å². The summed E-state index contributed by atoms with van der Waals surface area (Å²) in [5.74, 6) is -2.38. The van der Waals surface area contributed by atoms with E-state index in [4.69, 9.17) is 23.7 Å². The molecule has 4 rings (SSSR count). The van der Waals surface area contributed by atoms with Crippen LogP contribution in [-0.2, 0) is 18.9 Å². The molecule has 0 bridgehead atoms. The standard InChI is InChI=1S/C19H24O13/c1-28-15-6(20)2-5-9(12(15)24)16-17(32-18(5)27)13(25)11(23)8(31-16)4-30-19-14(26)10(22)7(21)3-29-19/h2,7-8,10-11,13-14,16-17,19-26H,3-4H2,1H3/t7-,8-,10+,11-,13+,14-,16+,17-,19+/m1/s1. The number of benzene rings is 1. The predicted molar refractivity (Wildman–Crippen MR) is 98.9 cm³/mol. The molecule has 13 nitrogen and oxygen atoms in total. The van der Waals surface area contributed by atoms with Crippen molar-refractivity contribution in [3.63, 3.8) is 0 Å². The molecule has 3 heterocycles. The summed E-state index contributed by atoms with van der Waals surface area (Å²) in [4.78, 5) is 12.4. The third-order valence-electron chi connectivity index (χ3n) is 5.79. The third kappa shape index (κ3) is 3.66. The topological polar surface area (TPSA) is 205 Å². The molecule has 3 aliphatic heterocycles. The second-order valence-corrected chi connectivity index (χ2v) is 7.77. The minimum Gasteiger partial charge on any atom is -0.504 e. The van der Waals surface area contributed by atoms with Crippen molar-refractivity contribution in [2.24, 2.45) is 0 Å². The molecule has 1 aromatic carbocycles. The maximum absolute atomic E-state index is 12.4. The number of carbonyl (C=O) groups is 1. The Morgan fingerprint density at radius 2 is 1.78 bits per heavy atom. The van der Waals surface area contributed by atoms with Gasteiger partial charge in [0.25, 0.3) is 0 Å². The molecule has 0 saturated carbocycles. The lowest BCUT2D eigenvalue weighted by Crippen LogP contribution is -2.59. The largest absolute Gasteiger partial charge is 0.504 e. The number of hydrogen-bond donors (Lipinski definition) is 7. The molecule has 0 aromatic heterocycles. The number of methoxy groups -OCH3 is 1. The molecule has 32 heavy (non-hydrogen) atoms. The van der Waals surface area contributed by atoms with Crippen LogP contribution in [0.5, 0.6) is 17.2 Å². The Balaban J connectivity index is 1.58. The molecule has 2 fully saturated rings. The van der Waals surface area contributed by atoms with Crippen LogP contribution in [0.25, 0.3) is 0 Å². The maximum atomic E-state index is 12.4. The molecule has 13 heteroatoms. The molecule has 0 amide bonds. The first kappa shape index (κ1) is 22.9. The maximum Gasteiger partial charge on any atom is 0.339 e. The molecule has 0 unspecified atom stereocenters. The molecular weight excluding hydrogens is 436 g/mol. The van der Waals surface area contributed by atoms with Crippen molar-refractivity contribution < 1.29 is 64.2 Å². The molecule has 0 aliphatic carbocycles. The van der Waals surface area contributed by atoms with E-state index in [9.17, 15) is 40.5 Å². The Morgan fingerprint density at radius 3 is 2.47 bits per heavy atom. The highest BCUT2D eigenvalue weighted by atomic mass is 16.7. The van der Waals surface area contributed by atoms with Crippen LogP contribution in [0.2, 0.25) is 0 Å². The SMILES string of the molecule is COc1c(O)cc2c(c1O)[C@@H]1O[C@H](CO[C@@H]3OC[C@@H](O)[C@H](O)[C@H]3O)[C@@H](O)[C@H](O)[C@H]1OC2=O. The summed E-state index contributed by atoms with van der Waals surface area (Å²) in [5.41, 5.74) is -0.321. The number of ether oxygens (including phenoxy) is 5. The van der Waals surface area contributed by atoms with Gasteiger partial charge in [-0.05, 0) is 6.07 Å². The third-order valence-corrected chi connectivity index (χ3v) is 5.79. The van der Waals surface area contributed by atoms with Crippen LogP contribution < -0.4 is 4.74 Å². The smallest absolute Gasteiger partial charge is 0.339 e. The van der Waals surface area contributed by atoms with Gasteiger partial charge in [0.05, 0.1) is 25.9 Å². The van der Waals surface area contributed by atoms with E-state index >= 15 is 0 Å². The van der Waals surface area contributed by atoms with E-state index in [1.54, 1.807) is 0 Å². The van der Waals surface area contributed by atoms with Gasteiger partial charge in [-0.1, -0.05) is 0 Å².